The number of nitrogens with one attached hydrogen (secondary N) is 1. The highest BCUT2D eigenvalue weighted by Crippen LogP contribution is 2.17. The largest absolute Gasteiger partial charge is 0.484 e. The van der Waals surface area contributed by atoms with E-state index >= 15 is 0 Å². The second-order valence-electron chi connectivity index (χ2n) is 4.58. The zero-order chi connectivity index (χ0) is 15.2. The third-order valence-corrected chi connectivity index (χ3v) is 3.71. The summed E-state index contributed by atoms with van der Waals surface area (Å²) in [5.41, 5.74) is 0.997. The molecule has 0 saturated carbocycles. The van der Waals surface area contributed by atoms with Gasteiger partial charge < -0.3 is 10.1 Å². The van der Waals surface area contributed by atoms with Crippen LogP contribution < -0.4 is 10.1 Å². The Morgan fingerprint density at radius 1 is 1.19 bits per heavy atom. The van der Waals surface area contributed by atoms with Crippen molar-refractivity contribution in [3.05, 3.63) is 63.6 Å². The molecule has 0 heterocycles. The van der Waals surface area contributed by atoms with E-state index in [-0.39, 0.29) is 18.6 Å². The van der Waals surface area contributed by atoms with Crippen LogP contribution in [0.15, 0.2) is 53.0 Å². The first kappa shape index (κ1) is 15.9. The van der Waals surface area contributed by atoms with Crippen molar-refractivity contribution in [3.8, 4) is 5.75 Å². The van der Waals surface area contributed by atoms with Gasteiger partial charge in [0, 0.05) is 9.50 Å². The number of hydrogen-bond donors (Lipinski definition) is 1. The minimum absolute atomic E-state index is 0.0143. The third-order valence-electron chi connectivity index (χ3n) is 2.93. The average molecular weight is 369 g/mol. The number of halogens is 2. The number of carbonyl (C=O) groups is 1. The molecule has 0 spiro atoms. The highest BCUT2D eigenvalue weighted by molar-refractivity contribution is 9.10. The lowest BCUT2D eigenvalue weighted by Crippen LogP contribution is -2.31. The number of hydrogen-bond acceptors (Lipinski definition) is 2. The molecule has 5 heteroatoms. The minimum Gasteiger partial charge on any atom is -0.484 e. The second kappa shape index (κ2) is 7.48. The van der Waals surface area contributed by atoms with Crippen LogP contribution in [0.1, 0.15) is 18.5 Å². The molecule has 0 aromatic heterocycles. The number of ether oxygens (including phenoxy) is 1. The Labute approximate surface area is 137 Å². The topological polar surface area (TPSA) is 38.3 Å². The maximum absolute atomic E-state index is 11.9. The first-order valence-electron chi connectivity index (χ1n) is 6.48. The molecule has 1 N–H and O–H groups in total. The first-order chi connectivity index (χ1) is 10.0. The Bertz CT molecular complexity index is 599. The molecule has 1 amide bonds. The smallest absolute Gasteiger partial charge is 0.258 e. The van der Waals surface area contributed by atoms with Gasteiger partial charge in [-0.25, -0.2) is 0 Å². The van der Waals surface area contributed by atoms with Crippen molar-refractivity contribution in [3.63, 3.8) is 0 Å². The summed E-state index contributed by atoms with van der Waals surface area (Å²) in [5, 5.41) is 3.56. The molecule has 2 aromatic rings. The second-order valence-corrected chi connectivity index (χ2v) is 5.94. The summed E-state index contributed by atoms with van der Waals surface area (Å²) in [6.07, 6.45) is 0. The van der Waals surface area contributed by atoms with E-state index in [1.807, 2.05) is 31.2 Å². The molecule has 2 rings (SSSR count). The van der Waals surface area contributed by atoms with E-state index in [9.17, 15) is 4.79 Å². The average Bonchev–Trinajstić information content (AvgIpc) is 2.47. The summed E-state index contributed by atoms with van der Waals surface area (Å²) in [4.78, 5) is 11.9. The molecule has 2 aromatic carbocycles. The van der Waals surface area contributed by atoms with Gasteiger partial charge in [0.25, 0.3) is 5.91 Å². The molecule has 0 radical (unpaired) electrons. The Hall–Kier alpha value is -1.52. The van der Waals surface area contributed by atoms with Gasteiger partial charge in [0.15, 0.2) is 6.61 Å². The van der Waals surface area contributed by atoms with Crippen molar-refractivity contribution >= 4 is 33.4 Å². The summed E-state index contributed by atoms with van der Waals surface area (Å²) in [6.45, 7) is 1.90. The van der Waals surface area contributed by atoms with E-state index in [1.54, 1.807) is 24.3 Å². The fraction of sp³-hybridized carbons (Fsp3) is 0.188. The molecule has 0 aliphatic rings. The molecular formula is C16H15BrClNO2. The third kappa shape index (κ3) is 5.06. The van der Waals surface area contributed by atoms with Crippen LogP contribution in [0.2, 0.25) is 5.02 Å². The molecule has 0 aliphatic heterocycles. The standard InChI is InChI=1S/C16H15BrClNO2/c1-11(12-2-6-14(18)7-3-12)19-16(20)10-21-15-8-4-13(17)5-9-15/h2-9,11H,10H2,1H3,(H,19,20)/t11-/m0/s1. The van der Waals surface area contributed by atoms with Crippen LogP contribution >= 0.6 is 27.5 Å². The predicted molar refractivity (Wildman–Crippen MR) is 87.6 cm³/mol. The summed E-state index contributed by atoms with van der Waals surface area (Å²) >= 11 is 9.18. The zero-order valence-corrected chi connectivity index (χ0v) is 13.8. The highest BCUT2D eigenvalue weighted by Gasteiger charge is 2.10. The summed E-state index contributed by atoms with van der Waals surface area (Å²) in [5.74, 6) is 0.493. The molecule has 0 aliphatic carbocycles. The van der Waals surface area contributed by atoms with Gasteiger partial charge in [0.1, 0.15) is 5.75 Å². The predicted octanol–water partition coefficient (Wildman–Crippen LogP) is 4.36. The lowest BCUT2D eigenvalue weighted by molar-refractivity contribution is -0.123. The van der Waals surface area contributed by atoms with Crippen molar-refractivity contribution < 1.29 is 9.53 Å². The molecule has 0 saturated heterocycles. The van der Waals surface area contributed by atoms with Gasteiger partial charge in [-0.3, -0.25) is 4.79 Å². The van der Waals surface area contributed by atoms with Crippen molar-refractivity contribution in [1.29, 1.82) is 0 Å². The van der Waals surface area contributed by atoms with E-state index < -0.39 is 0 Å². The molecule has 1 atom stereocenters. The van der Waals surface area contributed by atoms with Gasteiger partial charge in [0.05, 0.1) is 6.04 Å². The van der Waals surface area contributed by atoms with E-state index in [0.717, 1.165) is 10.0 Å². The SMILES string of the molecule is C[C@H](NC(=O)COc1ccc(Br)cc1)c1ccc(Cl)cc1. The van der Waals surface area contributed by atoms with Crippen LogP contribution in [0.3, 0.4) is 0 Å². The molecule has 3 nitrogen and oxygen atoms in total. The van der Waals surface area contributed by atoms with Crippen molar-refractivity contribution in [1.82, 2.24) is 5.32 Å². The van der Waals surface area contributed by atoms with Crippen molar-refractivity contribution in [2.45, 2.75) is 13.0 Å². The lowest BCUT2D eigenvalue weighted by atomic mass is 10.1. The fourth-order valence-electron chi connectivity index (χ4n) is 1.80. The molecule has 21 heavy (non-hydrogen) atoms. The molecule has 0 fully saturated rings. The summed E-state index contributed by atoms with van der Waals surface area (Å²) < 4.78 is 6.39. The summed E-state index contributed by atoms with van der Waals surface area (Å²) in [6, 6.07) is 14.6. The van der Waals surface area contributed by atoms with Gasteiger partial charge in [-0.15, -0.1) is 0 Å². The fourth-order valence-corrected chi connectivity index (χ4v) is 2.19. The number of benzene rings is 2. The Balaban J connectivity index is 1.83. The van der Waals surface area contributed by atoms with Crippen LogP contribution in [0.5, 0.6) is 5.75 Å². The lowest BCUT2D eigenvalue weighted by Gasteiger charge is -2.14. The summed E-state index contributed by atoms with van der Waals surface area (Å²) in [7, 11) is 0. The van der Waals surface area contributed by atoms with E-state index in [2.05, 4.69) is 21.2 Å². The Morgan fingerprint density at radius 2 is 1.81 bits per heavy atom. The van der Waals surface area contributed by atoms with Crippen molar-refractivity contribution in [2.75, 3.05) is 6.61 Å². The molecule has 0 bridgehead atoms. The maximum Gasteiger partial charge on any atom is 0.258 e. The van der Waals surface area contributed by atoms with Gasteiger partial charge in [0.2, 0.25) is 0 Å². The van der Waals surface area contributed by atoms with Crippen LogP contribution in [0.4, 0.5) is 0 Å². The van der Waals surface area contributed by atoms with Crippen LogP contribution in [0, 0.1) is 0 Å². The quantitative estimate of drug-likeness (QED) is 0.851. The monoisotopic (exact) mass is 367 g/mol. The normalized spacial score (nSPS) is 11.8. The maximum atomic E-state index is 11.9. The zero-order valence-electron chi connectivity index (χ0n) is 11.5. The van der Waals surface area contributed by atoms with E-state index in [1.165, 1.54) is 0 Å². The first-order valence-corrected chi connectivity index (χ1v) is 7.65. The van der Waals surface area contributed by atoms with Gasteiger partial charge in [-0.05, 0) is 48.9 Å². The van der Waals surface area contributed by atoms with Gasteiger partial charge in [-0.1, -0.05) is 39.7 Å². The van der Waals surface area contributed by atoms with Crippen molar-refractivity contribution in [2.24, 2.45) is 0 Å². The molecule has 110 valence electrons. The number of amides is 1. The van der Waals surface area contributed by atoms with E-state index in [4.69, 9.17) is 16.3 Å². The minimum atomic E-state index is -0.166. The Kier molecular flexibility index (Phi) is 5.65. The van der Waals surface area contributed by atoms with Gasteiger partial charge >= 0.3 is 0 Å². The van der Waals surface area contributed by atoms with Crippen LogP contribution in [0.25, 0.3) is 0 Å². The number of carbonyl (C=O) groups excluding carboxylic acids is 1. The molecular weight excluding hydrogens is 354 g/mol. The van der Waals surface area contributed by atoms with Crippen LogP contribution in [-0.2, 0) is 4.79 Å². The van der Waals surface area contributed by atoms with Gasteiger partial charge in [-0.2, -0.15) is 0 Å². The molecule has 0 unspecified atom stereocenters. The van der Waals surface area contributed by atoms with E-state index in [0.29, 0.717) is 10.8 Å². The highest BCUT2D eigenvalue weighted by atomic mass is 79.9. The Morgan fingerprint density at radius 3 is 2.43 bits per heavy atom. The van der Waals surface area contributed by atoms with Crippen LogP contribution in [-0.4, -0.2) is 12.5 Å². The number of rotatable bonds is 5.